The second-order valence-corrected chi connectivity index (χ2v) is 5.14. The molecule has 2 aromatic rings. The van der Waals surface area contributed by atoms with Crippen molar-refractivity contribution in [3.8, 4) is 6.07 Å². The van der Waals surface area contributed by atoms with Crippen LogP contribution in [0, 0.1) is 27.3 Å². The molecule has 0 saturated heterocycles. The summed E-state index contributed by atoms with van der Waals surface area (Å²) >= 11 is 0. The van der Waals surface area contributed by atoms with Crippen LogP contribution in [0.25, 0.3) is 6.08 Å². The molecule has 8 nitrogen and oxygen atoms in total. The van der Waals surface area contributed by atoms with Gasteiger partial charge in [-0.15, -0.1) is 0 Å². The highest BCUT2D eigenvalue weighted by atomic mass is 19.1. The van der Waals surface area contributed by atoms with Crippen LogP contribution in [0.2, 0.25) is 0 Å². The average Bonchev–Trinajstić information content (AvgIpc) is 2.66. The number of carbonyl (C=O) groups is 2. The predicted octanol–water partition coefficient (Wildman–Crippen LogP) is 2.80. The lowest BCUT2D eigenvalue weighted by Crippen LogP contribution is -2.20. The van der Waals surface area contributed by atoms with E-state index in [1.807, 2.05) is 0 Å². The topological polar surface area (TPSA) is 122 Å². The number of benzene rings is 2. The molecule has 0 radical (unpaired) electrons. The summed E-state index contributed by atoms with van der Waals surface area (Å²) in [6, 6.07) is 10.5. The number of carbonyl (C=O) groups excluding carboxylic acids is 2. The molecule has 0 aliphatic carbocycles. The van der Waals surface area contributed by atoms with Gasteiger partial charge in [0, 0.05) is 18.2 Å². The monoisotopic (exact) mass is 369 g/mol. The number of hydrogen-bond acceptors (Lipinski definition) is 6. The summed E-state index contributed by atoms with van der Waals surface area (Å²) in [5.41, 5.74) is 0.246. The molecule has 0 saturated carbocycles. The van der Waals surface area contributed by atoms with Crippen LogP contribution in [0.4, 0.5) is 15.8 Å². The molecule has 9 heteroatoms. The number of ether oxygens (including phenoxy) is 1. The maximum Gasteiger partial charge on any atom is 0.331 e. The van der Waals surface area contributed by atoms with E-state index in [1.54, 1.807) is 6.07 Å². The fourth-order valence-electron chi connectivity index (χ4n) is 1.96. The molecule has 2 rings (SSSR count). The summed E-state index contributed by atoms with van der Waals surface area (Å²) < 4.78 is 17.5. The Kier molecular flexibility index (Phi) is 6.33. The van der Waals surface area contributed by atoms with Gasteiger partial charge >= 0.3 is 5.97 Å². The zero-order valence-corrected chi connectivity index (χ0v) is 13.7. The number of nitro groups is 1. The Morgan fingerprint density at radius 3 is 2.59 bits per heavy atom. The van der Waals surface area contributed by atoms with Crippen LogP contribution >= 0.6 is 0 Å². The molecule has 27 heavy (non-hydrogen) atoms. The largest absolute Gasteiger partial charge is 0.452 e. The van der Waals surface area contributed by atoms with E-state index in [1.165, 1.54) is 36.4 Å². The first kappa shape index (κ1) is 19.3. The van der Waals surface area contributed by atoms with Crippen LogP contribution in [0.5, 0.6) is 0 Å². The van der Waals surface area contributed by atoms with E-state index in [-0.39, 0.29) is 16.9 Å². The molecule has 2 aromatic carbocycles. The lowest BCUT2D eigenvalue weighted by Gasteiger charge is -2.07. The zero-order chi connectivity index (χ0) is 19.8. The Balaban J connectivity index is 1.90. The normalized spacial score (nSPS) is 10.2. The third-order valence-corrected chi connectivity index (χ3v) is 3.24. The molecule has 0 aromatic heterocycles. The maximum absolute atomic E-state index is 12.8. The molecule has 0 unspecified atom stereocenters. The van der Waals surface area contributed by atoms with Gasteiger partial charge in [0.1, 0.15) is 11.9 Å². The molecule has 0 aliphatic rings. The number of esters is 1. The number of nitrogens with zero attached hydrogens (tertiary/aromatic N) is 2. The van der Waals surface area contributed by atoms with Gasteiger partial charge < -0.3 is 10.1 Å². The number of non-ortho nitro benzene ring substituents is 1. The Bertz CT molecular complexity index is 948. The van der Waals surface area contributed by atoms with E-state index in [9.17, 15) is 24.1 Å². The van der Waals surface area contributed by atoms with Crippen molar-refractivity contribution in [2.24, 2.45) is 0 Å². The van der Waals surface area contributed by atoms with Crippen LogP contribution in [-0.4, -0.2) is 23.4 Å². The number of nitrogens with one attached hydrogen (secondary N) is 1. The van der Waals surface area contributed by atoms with Gasteiger partial charge in [0.05, 0.1) is 16.2 Å². The van der Waals surface area contributed by atoms with Gasteiger partial charge in [0.25, 0.3) is 11.6 Å². The summed E-state index contributed by atoms with van der Waals surface area (Å²) in [5.74, 6) is -1.92. The minimum atomic E-state index is -0.793. The first-order valence-corrected chi connectivity index (χ1v) is 7.48. The number of amides is 1. The highest BCUT2D eigenvalue weighted by Crippen LogP contribution is 2.21. The number of anilines is 1. The molecule has 0 atom stereocenters. The summed E-state index contributed by atoms with van der Waals surface area (Å²) in [6.45, 7) is -0.617. The van der Waals surface area contributed by atoms with E-state index in [0.717, 1.165) is 18.2 Å². The standard InChI is InChI=1S/C18H12FN3O5/c19-14-4-1-12(2-5-14)3-8-18(24)27-11-17(23)21-16-7-6-15(22(25)26)9-13(16)10-20/h1-9H,11H2,(H,21,23)/b8-3+. The molecular formula is C18H12FN3O5. The van der Waals surface area contributed by atoms with Gasteiger partial charge in [0.15, 0.2) is 6.61 Å². The second-order valence-electron chi connectivity index (χ2n) is 5.14. The quantitative estimate of drug-likeness (QED) is 0.361. The molecule has 0 spiro atoms. The predicted molar refractivity (Wildman–Crippen MR) is 92.8 cm³/mol. The maximum atomic E-state index is 12.8. The minimum Gasteiger partial charge on any atom is -0.452 e. The van der Waals surface area contributed by atoms with Crippen molar-refractivity contribution in [2.45, 2.75) is 0 Å². The van der Waals surface area contributed by atoms with Gasteiger partial charge in [-0.3, -0.25) is 14.9 Å². The molecule has 1 N–H and O–H groups in total. The third kappa shape index (κ3) is 5.75. The van der Waals surface area contributed by atoms with Crippen molar-refractivity contribution in [1.82, 2.24) is 0 Å². The van der Waals surface area contributed by atoms with Gasteiger partial charge in [-0.2, -0.15) is 5.26 Å². The van der Waals surface area contributed by atoms with E-state index in [2.05, 4.69) is 5.32 Å². The molecule has 136 valence electrons. The highest BCUT2D eigenvalue weighted by Gasteiger charge is 2.13. The highest BCUT2D eigenvalue weighted by molar-refractivity contribution is 5.95. The Labute approximate surface area is 152 Å². The van der Waals surface area contributed by atoms with E-state index in [4.69, 9.17) is 10.00 Å². The molecule has 0 fully saturated rings. The minimum absolute atomic E-state index is 0.0611. The van der Waals surface area contributed by atoms with Crippen molar-refractivity contribution in [3.63, 3.8) is 0 Å². The van der Waals surface area contributed by atoms with Crippen molar-refractivity contribution in [3.05, 3.63) is 75.6 Å². The van der Waals surface area contributed by atoms with Crippen LogP contribution in [0.3, 0.4) is 0 Å². The lowest BCUT2D eigenvalue weighted by atomic mass is 10.1. The Morgan fingerprint density at radius 1 is 1.26 bits per heavy atom. The second kappa shape index (κ2) is 8.87. The molecule has 0 bridgehead atoms. The summed E-state index contributed by atoms with van der Waals surface area (Å²) in [5, 5.41) is 22.0. The fourth-order valence-corrected chi connectivity index (χ4v) is 1.96. The smallest absolute Gasteiger partial charge is 0.331 e. The van der Waals surface area contributed by atoms with Crippen molar-refractivity contribution >= 4 is 29.3 Å². The summed E-state index contributed by atoms with van der Waals surface area (Å²) in [4.78, 5) is 33.4. The average molecular weight is 369 g/mol. The SMILES string of the molecule is N#Cc1cc([N+](=O)[O-])ccc1NC(=O)COC(=O)/C=C/c1ccc(F)cc1. The van der Waals surface area contributed by atoms with Crippen molar-refractivity contribution in [1.29, 1.82) is 5.26 Å². The number of nitriles is 1. The first-order chi connectivity index (χ1) is 12.9. The van der Waals surface area contributed by atoms with Crippen molar-refractivity contribution < 1.29 is 23.6 Å². The molecular weight excluding hydrogens is 357 g/mol. The van der Waals surface area contributed by atoms with Crippen LogP contribution in [0.15, 0.2) is 48.5 Å². The van der Waals surface area contributed by atoms with Crippen LogP contribution < -0.4 is 5.32 Å². The number of rotatable bonds is 6. The molecule has 1 amide bonds. The van der Waals surface area contributed by atoms with Gasteiger partial charge in [0.2, 0.25) is 0 Å². The van der Waals surface area contributed by atoms with Gasteiger partial charge in [-0.25, -0.2) is 9.18 Å². The third-order valence-electron chi connectivity index (χ3n) is 3.24. The van der Waals surface area contributed by atoms with E-state index in [0.29, 0.717) is 5.56 Å². The number of hydrogen-bond donors (Lipinski definition) is 1. The van der Waals surface area contributed by atoms with Gasteiger partial charge in [-0.05, 0) is 29.8 Å². The zero-order valence-electron chi connectivity index (χ0n) is 13.7. The molecule has 0 aliphatic heterocycles. The van der Waals surface area contributed by atoms with E-state index < -0.39 is 29.2 Å². The van der Waals surface area contributed by atoms with Crippen molar-refractivity contribution in [2.75, 3.05) is 11.9 Å². The van der Waals surface area contributed by atoms with Crippen LogP contribution in [0.1, 0.15) is 11.1 Å². The summed E-state index contributed by atoms with van der Waals surface area (Å²) in [6.07, 6.45) is 2.47. The Morgan fingerprint density at radius 2 is 1.96 bits per heavy atom. The summed E-state index contributed by atoms with van der Waals surface area (Å²) in [7, 11) is 0. The van der Waals surface area contributed by atoms with E-state index >= 15 is 0 Å². The van der Waals surface area contributed by atoms with Crippen LogP contribution in [-0.2, 0) is 14.3 Å². The first-order valence-electron chi connectivity index (χ1n) is 7.48. The molecule has 0 heterocycles. The fraction of sp³-hybridized carbons (Fsp3) is 0.0556. The van der Waals surface area contributed by atoms with Gasteiger partial charge in [-0.1, -0.05) is 12.1 Å². The Hall–Kier alpha value is -4.06. The number of nitro benzene ring substituents is 1. The lowest BCUT2D eigenvalue weighted by molar-refractivity contribution is -0.384. The number of halogens is 1.